The Kier molecular flexibility index (Phi) is 5.94. The number of hydrogen-bond donors (Lipinski definition) is 1. The molecule has 164 valence electrons. The molecule has 1 amide bonds. The SMILES string of the molecule is CNC(=O)c1sc(N2CCC(c3cc(Cl)cc(Cl)c3)(C(F)(F)F)C2)nc1C(F)(F)F. The number of carbonyl (C=O) groups is 1. The molecular weight excluding hydrogens is 479 g/mol. The van der Waals surface area contributed by atoms with Crippen LogP contribution in [0.15, 0.2) is 18.2 Å². The van der Waals surface area contributed by atoms with Gasteiger partial charge < -0.3 is 10.2 Å². The van der Waals surface area contributed by atoms with Crippen LogP contribution in [0.1, 0.15) is 27.3 Å². The van der Waals surface area contributed by atoms with E-state index in [2.05, 4.69) is 10.3 Å². The van der Waals surface area contributed by atoms with Crippen molar-refractivity contribution in [3.8, 4) is 0 Å². The van der Waals surface area contributed by atoms with Crippen molar-refractivity contribution in [1.29, 1.82) is 0 Å². The number of nitrogens with one attached hydrogen (secondary N) is 1. The quantitative estimate of drug-likeness (QED) is 0.573. The van der Waals surface area contributed by atoms with Crippen molar-refractivity contribution >= 4 is 45.6 Å². The number of aromatic nitrogens is 1. The van der Waals surface area contributed by atoms with Gasteiger partial charge in [-0.15, -0.1) is 0 Å². The summed E-state index contributed by atoms with van der Waals surface area (Å²) in [6.45, 7) is -0.910. The number of carbonyl (C=O) groups excluding carboxylic acids is 1. The lowest BCUT2D eigenvalue weighted by Crippen LogP contribution is -2.44. The number of amides is 1. The lowest BCUT2D eigenvalue weighted by Gasteiger charge is -2.32. The maximum Gasteiger partial charge on any atom is 0.435 e. The molecule has 1 aromatic carbocycles. The van der Waals surface area contributed by atoms with E-state index in [9.17, 15) is 31.1 Å². The van der Waals surface area contributed by atoms with Crippen molar-refractivity contribution in [2.45, 2.75) is 24.2 Å². The predicted octanol–water partition coefficient (Wildman–Crippen LogP) is 5.54. The third kappa shape index (κ3) is 4.06. The lowest BCUT2D eigenvalue weighted by atomic mass is 9.79. The fourth-order valence-corrected chi connectivity index (χ4v) is 4.92. The summed E-state index contributed by atoms with van der Waals surface area (Å²) in [6.07, 6.45) is -10.1. The highest BCUT2D eigenvalue weighted by molar-refractivity contribution is 7.17. The summed E-state index contributed by atoms with van der Waals surface area (Å²) in [5.74, 6) is -1.02. The van der Waals surface area contributed by atoms with E-state index in [1.807, 2.05) is 0 Å². The molecule has 2 heterocycles. The minimum absolute atomic E-state index is 0.00934. The number of nitrogens with zero attached hydrogens (tertiary/aromatic N) is 2. The number of benzene rings is 1. The lowest BCUT2D eigenvalue weighted by molar-refractivity contribution is -0.184. The summed E-state index contributed by atoms with van der Waals surface area (Å²) < 4.78 is 82.2. The van der Waals surface area contributed by atoms with E-state index in [0.717, 1.165) is 24.1 Å². The first-order chi connectivity index (χ1) is 13.8. The van der Waals surface area contributed by atoms with E-state index in [4.69, 9.17) is 23.2 Å². The Bertz CT molecular complexity index is 957. The van der Waals surface area contributed by atoms with Crippen molar-refractivity contribution in [2.24, 2.45) is 0 Å². The highest BCUT2D eigenvalue weighted by Gasteiger charge is 2.59. The molecular formula is C17H13Cl2F6N3OS. The van der Waals surface area contributed by atoms with Crippen LogP contribution in [0.25, 0.3) is 0 Å². The summed E-state index contributed by atoms with van der Waals surface area (Å²) in [5.41, 5.74) is -4.02. The molecule has 4 nitrogen and oxygen atoms in total. The van der Waals surface area contributed by atoms with Crippen molar-refractivity contribution in [3.05, 3.63) is 44.4 Å². The summed E-state index contributed by atoms with van der Waals surface area (Å²) in [7, 11) is 1.15. The molecule has 1 aliphatic rings. The molecule has 0 saturated carbocycles. The fourth-order valence-electron chi connectivity index (χ4n) is 3.34. The van der Waals surface area contributed by atoms with Crippen LogP contribution in [-0.4, -0.2) is 37.2 Å². The van der Waals surface area contributed by atoms with Crippen LogP contribution in [0.3, 0.4) is 0 Å². The van der Waals surface area contributed by atoms with Gasteiger partial charge in [-0.3, -0.25) is 4.79 Å². The molecule has 3 rings (SSSR count). The Morgan fingerprint density at radius 1 is 1.17 bits per heavy atom. The van der Waals surface area contributed by atoms with Gasteiger partial charge in [-0.2, -0.15) is 26.3 Å². The van der Waals surface area contributed by atoms with Crippen LogP contribution in [-0.2, 0) is 11.6 Å². The molecule has 30 heavy (non-hydrogen) atoms. The van der Waals surface area contributed by atoms with E-state index in [0.29, 0.717) is 11.3 Å². The van der Waals surface area contributed by atoms with E-state index in [1.165, 1.54) is 6.07 Å². The summed E-state index contributed by atoms with van der Waals surface area (Å²) in [6, 6.07) is 3.57. The molecule has 1 unspecified atom stereocenters. The first-order valence-corrected chi connectivity index (χ1v) is 9.94. The second-order valence-electron chi connectivity index (χ2n) is 6.66. The van der Waals surface area contributed by atoms with Gasteiger partial charge in [-0.1, -0.05) is 34.5 Å². The maximum atomic E-state index is 14.1. The van der Waals surface area contributed by atoms with Crippen molar-refractivity contribution in [1.82, 2.24) is 10.3 Å². The molecule has 13 heteroatoms. The van der Waals surface area contributed by atoms with Crippen molar-refractivity contribution < 1.29 is 31.1 Å². The zero-order valence-corrected chi connectivity index (χ0v) is 17.4. The number of rotatable bonds is 3. The normalized spacial score (nSPS) is 20.0. The Labute approximate surface area is 180 Å². The molecule has 1 aliphatic heterocycles. The second-order valence-corrected chi connectivity index (χ2v) is 8.51. The minimum atomic E-state index is -4.93. The minimum Gasteiger partial charge on any atom is -0.354 e. The Hall–Kier alpha value is -1.72. The molecule has 1 saturated heterocycles. The van der Waals surface area contributed by atoms with Gasteiger partial charge in [0, 0.05) is 30.2 Å². The third-order valence-corrected chi connectivity index (χ3v) is 6.37. The highest BCUT2D eigenvalue weighted by Crippen LogP contribution is 2.50. The highest BCUT2D eigenvalue weighted by atomic mass is 35.5. The smallest absolute Gasteiger partial charge is 0.354 e. The fraction of sp³-hybridized carbons (Fsp3) is 0.412. The van der Waals surface area contributed by atoms with Crippen LogP contribution in [0, 0.1) is 0 Å². The molecule has 1 atom stereocenters. The molecule has 1 aromatic heterocycles. The van der Waals surface area contributed by atoms with Gasteiger partial charge >= 0.3 is 12.4 Å². The number of hydrogen-bond acceptors (Lipinski definition) is 4. The molecule has 0 radical (unpaired) electrons. The van der Waals surface area contributed by atoms with Crippen LogP contribution in [0.2, 0.25) is 10.0 Å². The zero-order valence-electron chi connectivity index (χ0n) is 15.1. The summed E-state index contributed by atoms with van der Waals surface area (Å²) in [4.78, 5) is 15.7. The standard InChI is InChI=1S/C17H13Cl2F6N3OS/c1-26-13(29)11-12(16(20,21)22)27-14(30-11)28-3-2-15(7-28,17(23,24)25)8-4-9(18)6-10(19)5-8/h4-6H,2-3,7H2,1H3,(H,26,29). The van der Waals surface area contributed by atoms with Crippen LogP contribution >= 0.6 is 34.5 Å². The molecule has 2 aromatic rings. The van der Waals surface area contributed by atoms with Gasteiger partial charge in [0.1, 0.15) is 10.3 Å². The molecule has 0 bridgehead atoms. The van der Waals surface area contributed by atoms with E-state index < -0.39 is 47.2 Å². The van der Waals surface area contributed by atoms with Crippen LogP contribution in [0.5, 0.6) is 0 Å². The molecule has 0 aliphatic carbocycles. The summed E-state index contributed by atoms with van der Waals surface area (Å²) in [5, 5.41) is 1.78. The van der Waals surface area contributed by atoms with E-state index >= 15 is 0 Å². The third-order valence-electron chi connectivity index (χ3n) is 4.82. The number of alkyl halides is 6. The average Bonchev–Trinajstić information content (AvgIpc) is 3.24. The van der Waals surface area contributed by atoms with Gasteiger partial charge in [-0.05, 0) is 30.2 Å². The van der Waals surface area contributed by atoms with Gasteiger partial charge in [-0.25, -0.2) is 4.98 Å². The Morgan fingerprint density at radius 3 is 2.27 bits per heavy atom. The number of thiazole rings is 1. The van der Waals surface area contributed by atoms with Gasteiger partial charge in [0.05, 0.1) is 0 Å². The van der Waals surface area contributed by atoms with Gasteiger partial charge in [0.2, 0.25) is 0 Å². The van der Waals surface area contributed by atoms with E-state index in [1.54, 1.807) is 0 Å². The first kappa shape index (κ1) is 23.0. The van der Waals surface area contributed by atoms with Crippen LogP contribution < -0.4 is 10.2 Å². The topological polar surface area (TPSA) is 45.2 Å². The first-order valence-electron chi connectivity index (χ1n) is 8.37. The largest absolute Gasteiger partial charge is 0.435 e. The number of anilines is 1. The average molecular weight is 492 g/mol. The monoisotopic (exact) mass is 491 g/mol. The van der Waals surface area contributed by atoms with Crippen molar-refractivity contribution in [3.63, 3.8) is 0 Å². The van der Waals surface area contributed by atoms with Gasteiger partial charge in [0.15, 0.2) is 10.8 Å². The molecule has 1 fully saturated rings. The zero-order chi connectivity index (χ0) is 22.5. The van der Waals surface area contributed by atoms with Crippen LogP contribution in [0.4, 0.5) is 31.5 Å². The molecule has 1 N–H and O–H groups in total. The Morgan fingerprint density at radius 2 is 1.77 bits per heavy atom. The Balaban J connectivity index is 2.05. The molecule has 0 spiro atoms. The predicted molar refractivity (Wildman–Crippen MR) is 102 cm³/mol. The van der Waals surface area contributed by atoms with Crippen molar-refractivity contribution in [2.75, 3.05) is 25.0 Å². The van der Waals surface area contributed by atoms with E-state index in [-0.39, 0.29) is 27.3 Å². The maximum absolute atomic E-state index is 14.1. The van der Waals surface area contributed by atoms with Gasteiger partial charge in [0.25, 0.3) is 5.91 Å². The second kappa shape index (κ2) is 7.76. The number of halogens is 8. The summed E-state index contributed by atoms with van der Waals surface area (Å²) >= 11 is 12.1.